The molecule has 0 unspecified atom stereocenters. The van der Waals surface area contributed by atoms with Crippen molar-refractivity contribution >= 4 is 33.0 Å². The van der Waals surface area contributed by atoms with Gasteiger partial charge in [0.25, 0.3) is 0 Å². The van der Waals surface area contributed by atoms with Crippen molar-refractivity contribution in [3.63, 3.8) is 0 Å². The zero-order valence-corrected chi connectivity index (χ0v) is 12.1. The van der Waals surface area contributed by atoms with Crippen LogP contribution in [-0.2, 0) is 0 Å². The predicted molar refractivity (Wildman–Crippen MR) is 90.0 cm³/mol. The van der Waals surface area contributed by atoms with E-state index in [9.17, 15) is 0 Å². The molecule has 0 aliphatic rings. The van der Waals surface area contributed by atoms with Crippen LogP contribution in [0, 0.1) is 0 Å². The lowest BCUT2D eigenvalue weighted by atomic mass is 10.2. The molecule has 23 heavy (non-hydrogen) atoms. The van der Waals surface area contributed by atoms with Gasteiger partial charge in [-0.2, -0.15) is 0 Å². The molecule has 4 nitrogen and oxygen atoms in total. The Kier molecular flexibility index (Phi) is 2.46. The summed E-state index contributed by atoms with van der Waals surface area (Å²) in [5.74, 6) is 0.621. The minimum atomic E-state index is 0.621. The van der Waals surface area contributed by atoms with Gasteiger partial charge in [0.05, 0.1) is 5.52 Å². The first-order chi connectivity index (χ1) is 11.4. The number of pyridine rings is 1. The van der Waals surface area contributed by atoms with Crippen LogP contribution in [0.1, 0.15) is 0 Å². The molecule has 0 saturated heterocycles. The van der Waals surface area contributed by atoms with Crippen LogP contribution in [0.15, 0.2) is 71.3 Å². The van der Waals surface area contributed by atoms with Crippen molar-refractivity contribution in [2.24, 2.45) is 0 Å². The number of hydrogen-bond acceptors (Lipinski definition) is 4. The van der Waals surface area contributed by atoms with E-state index >= 15 is 0 Å². The average Bonchev–Trinajstić information content (AvgIpc) is 2.99. The third-order valence-electron chi connectivity index (χ3n) is 3.94. The monoisotopic (exact) mass is 297 g/mol. The lowest BCUT2D eigenvalue weighted by Crippen LogP contribution is -1.92. The van der Waals surface area contributed by atoms with Crippen LogP contribution in [0.4, 0.5) is 0 Å². The van der Waals surface area contributed by atoms with Gasteiger partial charge >= 0.3 is 0 Å². The van der Waals surface area contributed by atoms with E-state index in [1.165, 1.54) is 0 Å². The molecule has 4 heteroatoms. The van der Waals surface area contributed by atoms with Gasteiger partial charge in [0.1, 0.15) is 16.8 Å². The highest BCUT2D eigenvalue weighted by Crippen LogP contribution is 2.28. The van der Waals surface area contributed by atoms with E-state index in [4.69, 9.17) is 9.40 Å². The summed E-state index contributed by atoms with van der Waals surface area (Å²) in [6.07, 6.45) is 1.83. The molecular weight excluding hydrogens is 286 g/mol. The van der Waals surface area contributed by atoms with Crippen LogP contribution in [0.5, 0.6) is 0 Å². The molecule has 108 valence electrons. The van der Waals surface area contributed by atoms with Gasteiger partial charge in [0.15, 0.2) is 11.4 Å². The minimum absolute atomic E-state index is 0.621. The zero-order chi connectivity index (χ0) is 15.2. The second-order valence-corrected chi connectivity index (χ2v) is 5.39. The predicted octanol–water partition coefficient (Wildman–Crippen LogP) is 4.59. The molecule has 0 N–H and O–H groups in total. The molecule has 3 aromatic heterocycles. The number of fused-ring (bicyclic) bond motifs is 4. The van der Waals surface area contributed by atoms with E-state index in [-0.39, 0.29) is 0 Å². The molecular formula is C19H11N3O. The van der Waals surface area contributed by atoms with Gasteiger partial charge in [-0.3, -0.25) is 0 Å². The van der Waals surface area contributed by atoms with Gasteiger partial charge < -0.3 is 4.42 Å². The molecule has 5 aromatic rings. The molecule has 0 aliphatic carbocycles. The number of para-hydroxylation sites is 2. The molecule has 2 aromatic carbocycles. The molecule has 0 radical (unpaired) electrons. The van der Waals surface area contributed by atoms with Gasteiger partial charge in [0, 0.05) is 17.0 Å². The van der Waals surface area contributed by atoms with Crippen molar-refractivity contribution in [1.29, 1.82) is 0 Å². The third-order valence-corrected chi connectivity index (χ3v) is 3.94. The highest BCUT2D eigenvalue weighted by atomic mass is 16.3. The first kappa shape index (κ1) is 12.3. The van der Waals surface area contributed by atoms with Gasteiger partial charge in [-0.1, -0.05) is 30.3 Å². The number of furan rings is 1. The summed E-state index contributed by atoms with van der Waals surface area (Å²) in [4.78, 5) is 13.8. The summed E-state index contributed by atoms with van der Waals surface area (Å²) < 4.78 is 5.81. The van der Waals surface area contributed by atoms with Crippen molar-refractivity contribution in [3.8, 4) is 11.5 Å². The van der Waals surface area contributed by atoms with Gasteiger partial charge in [-0.05, 0) is 30.3 Å². The number of aromatic nitrogens is 3. The summed E-state index contributed by atoms with van der Waals surface area (Å²) in [5.41, 5.74) is 4.11. The van der Waals surface area contributed by atoms with Crippen molar-refractivity contribution in [2.45, 2.75) is 0 Å². The van der Waals surface area contributed by atoms with E-state index in [0.717, 1.165) is 38.7 Å². The van der Waals surface area contributed by atoms with Crippen LogP contribution in [0.25, 0.3) is 44.5 Å². The van der Waals surface area contributed by atoms with Gasteiger partial charge in [-0.25, -0.2) is 15.0 Å². The molecule has 0 spiro atoms. The van der Waals surface area contributed by atoms with Crippen LogP contribution in [0.3, 0.4) is 0 Å². The number of rotatable bonds is 1. The van der Waals surface area contributed by atoms with Crippen LogP contribution >= 0.6 is 0 Å². The topological polar surface area (TPSA) is 51.8 Å². The first-order valence-corrected chi connectivity index (χ1v) is 7.39. The third kappa shape index (κ3) is 1.89. The van der Waals surface area contributed by atoms with E-state index in [2.05, 4.69) is 9.97 Å². The van der Waals surface area contributed by atoms with Crippen molar-refractivity contribution in [2.75, 3.05) is 0 Å². The molecule has 0 amide bonds. The summed E-state index contributed by atoms with van der Waals surface area (Å²) in [7, 11) is 0. The van der Waals surface area contributed by atoms with Gasteiger partial charge in [-0.15, -0.1) is 0 Å². The Hall–Kier alpha value is -3.27. The molecule has 0 aliphatic heterocycles. The van der Waals surface area contributed by atoms with Crippen LogP contribution < -0.4 is 0 Å². The molecule has 0 fully saturated rings. The first-order valence-electron chi connectivity index (χ1n) is 7.39. The lowest BCUT2D eigenvalue weighted by Gasteiger charge is -2.01. The summed E-state index contributed by atoms with van der Waals surface area (Å²) in [5, 5.41) is 2.02. The quantitative estimate of drug-likeness (QED) is 0.454. The average molecular weight is 297 g/mol. The highest BCUT2D eigenvalue weighted by Gasteiger charge is 2.11. The van der Waals surface area contributed by atoms with Crippen molar-refractivity contribution in [1.82, 2.24) is 15.0 Å². The standard InChI is InChI=1S/C19H11N3O/c1-3-7-14-12(5-1)11-20-19(22-14)15-9-10-17-18(21-15)13-6-2-4-8-16(13)23-17/h1-11H. The molecule has 0 atom stereocenters. The normalized spacial score (nSPS) is 11.5. The Labute approximate surface area is 131 Å². The van der Waals surface area contributed by atoms with E-state index in [1.807, 2.05) is 66.9 Å². The van der Waals surface area contributed by atoms with E-state index in [0.29, 0.717) is 5.82 Å². The highest BCUT2D eigenvalue weighted by molar-refractivity contribution is 6.02. The Morgan fingerprint density at radius 2 is 1.61 bits per heavy atom. The maximum Gasteiger partial charge on any atom is 0.178 e. The van der Waals surface area contributed by atoms with E-state index in [1.54, 1.807) is 0 Å². The van der Waals surface area contributed by atoms with E-state index < -0.39 is 0 Å². The van der Waals surface area contributed by atoms with Crippen molar-refractivity contribution in [3.05, 3.63) is 66.9 Å². The number of hydrogen-bond donors (Lipinski definition) is 0. The summed E-state index contributed by atoms with van der Waals surface area (Å²) >= 11 is 0. The smallest absolute Gasteiger partial charge is 0.178 e. The molecule has 0 bridgehead atoms. The zero-order valence-electron chi connectivity index (χ0n) is 12.1. The summed E-state index contributed by atoms with van der Waals surface area (Å²) in [6, 6.07) is 19.7. The fourth-order valence-corrected chi connectivity index (χ4v) is 2.81. The number of nitrogens with zero attached hydrogens (tertiary/aromatic N) is 3. The number of benzene rings is 2. The minimum Gasteiger partial charge on any atom is -0.454 e. The van der Waals surface area contributed by atoms with Crippen LogP contribution in [0.2, 0.25) is 0 Å². The largest absolute Gasteiger partial charge is 0.454 e. The Morgan fingerprint density at radius 3 is 2.61 bits per heavy atom. The second kappa shape index (κ2) is 4.61. The Morgan fingerprint density at radius 1 is 0.739 bits per heavy atom. The molecule has 0 saturated carbocycles. The van der Waals surface area contributed by atoms with Crippen LogP contribution in [-0.4, -0.2) is 15.0 Å². The molecule has 3 heterocycles. The summed E-state index contributed by atoms with van der Waals surface area (Å²) in [6.45, 7) is 0. The SMILES string of the molecule is c1ccc2nc(-c3ccc4oc5ccccc5c4n3)ncc2c1. The lowest BCUT2D eigenvalue weighted by molar-refractivity contribution is 0.668. The Balaban J connectivity index is 1.76. The van der Waals surface area contributed by atoms with Crippen molar-refractivity contribution < 1.29 is 4.42 Å². The maximum atomic E-state index is 5.81. The fraction of sp³-hybridized carbons (Fsp3) is 0. The Bertz CT molecular complexity index is 1180. The second-order valence-electron chi connectivity index (χ2n) is 5.39. The van der Waals surface area contributed by atoms with Gasteiger partial charge in [0.2, 0.25) is 0 Å². The molecule has 5 rings (SSSR count). The fourth-order valence-electron chi connectivity index (χ4n) is 2.81. The maximum absolute atomic E-state index is 5.81.